The van der Waals surface area contributed by atoms with Crippen molar-refractivity contribution in [1.82, 2.24) is 4.98 Å². The van der Waals surface area contributed by atoms with Crippen molar-refractivity contribution in [2.24, 2.45) is 0 Å². The molecule has 1 aromatic heterocycles. The van der Waals surface area contributed by atoms with E-state index < -0.39 is 11.8 Å². The molecule has 0 aliphatic carbocycles. The summed E-state index contributed by atoms with van der Waals surface area (Å²) in [6.07, 6.45) is -0.0888. The van der Waals surface area contributed by atoms with Gasteiger partial charge >= 0.3 is 5.97 Å². The van der Waals surface area contributed by atoms with E-state index in [1.165, 1.54) is 12.1 Å². The van der Waals surface area contributed by atoms with Gasteiger partial charge in [-0.15, -0.1) is 0 Å². The summed E-state index contributed by atoms with van der Waals surface area (Å²) in [6.45, 7) is 1.68. The molecule has 2 rings (SSSR count). The van der Waals surface area contributed by atoms with Crippen LogP contribution >= 0.6 is 0 Å². The summed E-state index contributed by atoms with van der Waals surface area (Å²) >= 11 is 0. The van der Waals surface area contributed by atoms with E-state index in [4.69, 9.17) is 9.52 Å². The average Bonchev–Trinajstić information content (AvgIpc) is 2.61. The molecule has 4 nitrogen and oxygen atoms in total. The van der Waals surface area contributed by atoms with E-state index in [0.717, 1.165) is 0 Å². The molecule has 16 heavy (non-hydrogen) atoms. The van der Waals surface area contributed by atoms with Crippen LogP contribution in [-0.4, -0.2) is 16.1 Å². The van der Waals surface area contributed by atoms with Crippen LogP contribution in [-0.2, 0) is 4.79 Å². The number of rotatable bonds is 3. The first-order chi connectivity index (χ1) is 7.58. The molecule has 0 aliphatic rings. The first-order valence-corrected chi connectivity index (χ1v) is 4.84. The molecule has 0 aliphatic heterocycles. The number of oxazole rings is 1. The minimum Gasteiger partial charge on any atom is -0.481 e. The molecular weight excluding hydrogens is 213 g/mol. The molecular formula is C11H10FNO3. The Bertz CT molecular complexity index is 535. The lowest BCUT2D eigenvalue weighted by molar-refractivity contribution is -0.137. The standard InChI is InChI=1S/C11H10FNO3/c1-6(5-9(14)15)11-13-8-4-2-3-7(12)10(8)16-11/h2-4,6H,5H2,1H3,(H,14,15). The minimum absolute atomic E-state index is 0.0785. The van der Waals surface area contributed by atoms with Gasteiger partial charge in [0.05, 0.1) is 6.42 Å². The average molecular weight is 223 g/mol. The van der Waals surface area contributed by atoms with E-state index in [1.54, 1.807) is 13.0 Å². The Labute approximate surface area is 90.7 Å². The predicted molar refractivity (Wildman–Crippen MR) is 54.6 cm³/mol. The molecule has 0 amide bonds. The highest BCUT2D eigenvalue weighted by Gasteiger charge is 2.17. The quantitative estimate of drug-likeness (QED) is 0.868. The van der Waals surface area contributed by atoms with Crippen LogP contribution < -0.4 is 0 Å². The Morgan fingerprint density at radius 3 is 3.00 bits per heavy atom. The number of hydrogen-bond donors (Lipinski definition) is 1. The Hall–Kier alpha value is -1.91. The maximum absolute atomic E-state index is 13.3. The van der Waals surface area contributed by atoms with E-state index >= 15 is 0 Å². The van der Waals surface area contributed by atoms with Crippen molar-refractivity contribution in [2.75, 3.05) is 0 Å². The van der Waals surface area contributed by atoms with Crippen molar-refractivity contribution >= 4 is 17.1 Å². The summed E-state index contributed by atoms with van der Waals surface area (Å²) in [5.74, 6) is -1.54. The smallest absolute Gasteiger partial charge is 0.304 e. The SMILES string of the molecule is CC(CC(=O)O)c1nc2cccc(F)c2o1. The van der Waals surface area contributed by atoms with Crippen molar-refractivity contribution in [1.29, 1.82) is 0 Å². The highest BCUT2D eigenvalue weighted by atomic mass is 19.1. The zero-order chi connectivity index (χ0) is 11.7. The number of benzene rings is 1. The highest BCUT2D eigenvalue weighted by molar-refractivity contribution is 5.73. The molecule has 0 spiro atoms. The molecule has 0 fully saturated rings. The van der Waals surface area contributed by atoms with E-state index in [2.05, 4.69) is 4.98 Å². The molecule has 2 aromatic rings. The van der Waals surface area contributed by atoms with Crippen molar-refractivity contribution in [3.05, 3.63) is 29.9 Å². The Kier molecular flexibility index (Phi) is 2.60. The van der Waals surface area contributed by atoms with Crippen LogP contribution in [0.5, 0.6) is 0 Å². The summed E-state index contributed by atoms with van der Waals surface area (Å²) in [6, 6.07) is 4.43. The lowest BCUT2D eigenvalue weighted by atomic mass is 10.1. The van der Waals surface area contributed by atoms with Gasteiger partial charge in [-0.25, -0.2) is 9.37 Å². The predicted octanol–water partition coefficient (Wildman–Crippen LogP) is 2.55. The molecule has 0 saturated carbocycles. The lowest BCUT2D eigenvalue weighted by Crippen LogP contribution is -2.02. The van der Waals surface area contributed by atoms with Gasteiger partial charge in [0.25, 0.3) is 0 Å². The monoisotopic (exact) mass is 223 g/mol. The van der Waals surface area contributed by atoms with Gasteiger partial charge in [-0.3, -0.25) is 4.79 Å². The van der Waals surface area contributed by atoms with Crippen LogP contribution in [0.15, 0.2) is 22.6 Å². The van der Waals surface area contributed by atoms with Crippen LogP contribution in [0.4, 0.5) is 4.39 Å². The van der Waals surface area contributed by atoms with E-state index in [9.17, 15) is 9.18 Å². The second kappa shape index (κ2) is 3.92. The number of para-hydroxylation sites is 1. The van der Waals surface area contributed by atoms with Crippen molar-refractivity contribution in [3.8, 4) is 0 Å². The van der Waals surface area contributed by atoms with Crippen molar-refractivity contribution < 1.29 is 18.7 Å². The lowest BCUT2D eigenvalue weighted by Gasteiger charge is -2.01. The fourth-order valence-corrected chi connectivity index (χ4v) is 1.49. The normalized spacial score (nSPS) is 12.9. The second-order valence-corrected chi connectivity index (χ2v) is 3.64. The minimum atomic E-state index is -0.935. The van der Waals surface area contributed by atoms with Crippen LogP contribution in [0.25, 0.3) is 11.1 Å². The molecule has 84 valence electrons. The third-order valence-electron chi connectivity index (χ3n) is 2.29. The summed E-state index contributed by atoms with van der Waals surface area (Å²) in [7, 11) is 0. The largest absolute Gasteiger partial charge is 0.481 e. The van der Waals surface area contributed by atoms with Gasteiger partial charge in [0.2, 0.25) is 0 Å². The van der Waals surface area contributed by atoms with Crippen LogP contribution in [0, 0.1) is 5.82 Å². The molecule has 1 atom stereocenters. The summed E-state index contributed by atoms with van der Waals surface area (Å²) < 4.78 is 18.5. The van der Waals surface area contributed by atoms with Crippen LogP contribution in [0.1, 0.15) is 25.2 Å². The molecule has 5 heteroatoms. The van der Waals surface area contributed by atoms with E-state index in [-0.39, 0.29) is 23.8 Å². The number of aromatic nitrogens is 1. The molecule has 0 bridgehead atoms. The van der Waals surface area contributed by atoms with E-state index in [0.29, 0.717) is 5.52 Å². The number of aliphatic carboxylic acids is 1. The first-order valence-electron chi connectivity index (χ1n) is 4.84. The third kappa shape index (κ3) is 1.88. The summed E-state index contributed by atoms with van der Waals surface area (Å²) in [5.41, 5.74) is 0.488. The van der Waals surface area contributed by atoms with Gasteiger partial charge in [-0.1, -0.05) is 13.0 Å². The third-order valence-corrected chi connectivity index (χ3v) is 2.29. The van der Waals surface area contributed by atoms with Crippen LogP contribution in [0.2, 0.25) is 0 Å². The number of nitrogens with zero attached hydrogens (tertiary/aromatic N) is 1. The number of hydrogen-bond acceptors (Lipinski definition) is 3. The number of carbonyl (C=O) groups is 1. The van der Waals surface area contributed by atoms with Gasteiger partial charge in [0, 0.05) is 5.92 Å². The Morgan fingerprint density at radius 1 is 1.62 bits per heavy atom. The zero-order valence-corrected chi connectivity index (χ0v) is 8.61. The van der Waals surface area contributed by atoms with Crippen molar-refractivity contribution in [2.45, 2.75) is 19.3 Å². The Morgan fingerprint density at radius 2 is 2.38 bits per heavy atom. The molecule has 0 saturated heterocycles. The van der Waals surface area contributed by atoms with Gasteiger partial charge in [-0.2, -0.15) is 0 Å². The van der Waals surface area contributed by atoms with Gasteiger partial charge in [0.1, 0.15) is 5.52 Å². The van der Waals surface area contributed by atoms with Crippen molar-refractivity contribution in [3.63, 3.8) is 0 Å². The number of fused-ring (bicyclic) bond motifs is 1. The number of carboxylic acid groups (broad SMARTS) is 1. The van der Waals surface area contributed by atoms with Crippen LogP contribution in [0.3, 0.4) is 0 Å². The summed E-state index contributed by atoms with van der Waals surface area (Å²) in [5, 5.41) is 8.63. The molecule has 1 N–H and O–H groups in total. The molecule has 1 unspecified atom stereocenters. The van der Waals surface area contributed by atoms with E-state index in [1.807, 2.05) is 0 Å². The second-order valence-electron chi connectivity index (χ2n) is 3.64. The zero-order valence-electron chi connectivity index (χ0n) is 8.61. The van der Waals surface area contributed by atoms with Gasteiger partial charge in [-0.05, 0) is 12.1 Å². The molecule has 0 radical (unpaired) electrons. The summed E-state index contributed by atoms with van der Waals surface area (Å²) in [4.78, 5) is 14.6. The number of carboxylic acids is 1. The van der Waals surface area contributed by atoms with Gasteiger partial charge < -0.3 is 9.52 Å². The Balaban J connectivity index is 2.39. The fourth-order valence-electron chi connectivity index (χ4n) is 1.49. The maximum Gasteiger partial charge on any atom is 0.304 e. The topological polar surface area (TPSA) is 63.3 Å². The van der Waals surface area contributed by atoms with Gasteiger partial charge in [0.15, 0.2) is 17.3 Å². The molecule has 1 aromatic carbocycles. The number of halogens is 1. The first kappa shape index (κ1) is 10.6. The maximum atomic E-state index is 13.3. The molecule has 1 heterocycles. The fraction of sp³-hybridized carbons (Fsp3) is 0.273. The highest BCUT2D eigenvalue weighted by Crippen LogP contribution is 2.25.